The Morgan fingerprint density at radius 2 is 2.11 bits per heavy atom. The Balaban J connectivity index is 2.25. The molecule has 0 aliphatic heterocycles. The first-order chi connectivity index (χ1) is 8.70. The van der Waals surface area contributed by atoms with Gasteiger partial charge in [-0.05, 0) is 18.2 Å². The van der Waals surface area contributed by atoms with Gasteiger partial charge in [0.1, 0.15) is 5.82 Å². The Kier molecular flexibility index (Phi) is 3.33. The number of nitrogens with one attached hydrogen (secondary N) is 2. The molecule has 7 nitrogen and oxygen atoms in total. The second-order valence-electron chi connectivity index (χ2n) is 3.44. The Labute approximate surface area is 103 Å². The van der Waals surface area contributed by atoms with Crippen molar-refractivity contribution < 1.29 is 4.92 Å². The van der Waals surface area contributed by atoms with Crippen LogP contribution in [-0.4, -0.2) is 21.9 Å². The molecule has 0 saturated heterocycles. The van der Waals surface area contributed by atoms with E-state index < -0.39 is 4.92 Å². The third-order valence-electron chi connectivity index (χ3n) is 2.27. The lowest BCUT2D eigenvalue weighted by molar-refractivity contribution is -0.384. The van der Waals surface area contributed by atoms with Gasteiger partial charge in [0.05, 0.1) is 16.8 Å². The molecule has 2 aromatic heterocycles. The maximum Gasteiger partial charge on any atom is 0.311 e. The van der Waals surface area contributed by atoms with E-state index in [9.17, 15) is 10.1 Å². The summed E-state index contributed by atoms with van der Waals surface area (Å²) in [5, 5.41) is 16.6. The predicted octanol–water partition coefficient (Wildman–Crippen LogP) is 2.17. The number of nitro groups is 1. The molecule has 2 N–H and O–H groups in total. The summed E-state index contributed by atoms with van der Waals surface area (Å²) in [6, 6.07) is 6.44. The van der Waals surface area contributed by atoms with E-state index in [0.717, 1.165) is 5.82 Å². The van der Waals surface area contributed by atoms with E-state index in [2.05, 4.69) is 20.6 Å². The van der Waals surface area contributed by atoms with Gasteiger partial charge < -0.3 is 10.6 Å². The number of nitrogens with zero attached hydrogens (tertiary/aromatic N) is 3. The highest BCUT2D eigenvalue weighted by molar-refractivity contribution is 5.65. The highest BCUT2D eigenvalue weighted by Gasteiger charge is 2.13. The van der Waals surface area contributed by atoms with Crippen LogP contribution in [0.2, 0.25) is 0 Å². The van der Waals surface area contributed by atoms with Crippen molar-refractivity contribution in [2.24, 2.45) is 0 Å². The lowest BCUT2D eigenvalue weighted by Crippen LogP contribution is -2.00. The lowest BCUT2D eigenvalue weighted by atomic mass is 10.3. The van der Waals surface area contributed by atoms with Gasteiger partial charge in [-0.15, -0.1) is 0 Å². The zero-order valence-electron chi connectivity index (χ0n) is 9.62. The molecule has 2 heterocycles. The van der Waals surface area contributed by atoms with Gasteiger partial charge in [-0.3, -0.25) is 10.1 Å². The molecule has 0 unspecified atom stereocenters. The SMILES string of the molecule is CNc1ccc(Nc2ncccc2[N+](=O)[O-])cn1. The lowest BCUT2D eigenvalue weighted by Gasteiger charge is -2.06. The number of rotatable bonds is 4. The molecule has 0 radical (unpaired) electrons. The molecule has 2 rings (SSSR count). The summed E-state index contributed by atoms with van der Waals surface area (Å²) in [5.41, 5.74) is 0.561. The first-order valence-corrected chi connectivity index (χ1v) is 5.21. The van der Waals surface area contributed by atoms with Crippen molar-refractivity contribution in [3.63, 3.8) is 0 Å². The van der Waals surface area contributed by atoms with Crippen molar-refractivity contribution in [1.29, 1.82) is 0 Å². The summed E-state index contributed by atoms with van der Waals surface area (Å²) in [6.07, 6.45) is 3.06. The minimum absolute atomic E-state index is 0.0739. The first-order valence-electron chi connectivity index (χ1n) is 5.21. The molecule has 0 atom stereocenters. The smallest absolute Gasteiger partial charge is 0.311 e. The van der Waals surface area contributed by atoms with Gasteiger partial charge in [-0.2, -0.15) is 0 Å². The van der Waals surface area contributed by atoms with E-state index in [1.807, 2.05) is 0 Å². The van der Waals surface area contributed by atoms with Crippen LogP contribution in [0.1, 0.15) is 0 Å². The normalized spacial score (nSPS) is 9.83. The fourth-order valence-corrected chi connectivity index (χ4v) is 1.39. The zero-order valence-corrected chi connectivity index (χ0v) is 9.62. The van der Waals surface area contributed by atoms with E-state index in [4.69, 9.17) is 0 Å². The highest BCUT2D eigenvalue weighted by atomic mass is 16.6. The highest BCUT2D eigenvalue weighted by Crippen LogP contribution is 2.24. The number of hydrogen-bond acceptors (Lipinski definition) is 6. The fraction of sp³-hybridized carbons (Fsp3) is 0.0909. The molecule has 0 saturated carbocycles. The van der Waals surface area contributed by atoms with Gasteiger partial charge >= 0.3 is 5.69 Å². The van der Waals surface area contributed by atoms with Crippen molar-refractivity contribution in [2.75, 3.05) is 17.7 Å². The van der Waals surface area contributed by atoms with E-state index in [0.29, 0.717) is 5.69 Å². The van der Waals surface area contributed by atoms with Gasteiger partial charge in [0, 0.05) is 19.3 Å². The molecule has 0 aliphatic rings. The fourth-order valence-electron chi connectivity index (χ4n) is 1.39. The monoisotopic (exact) mass is 245 g/mol. The van der Waals surface area contributed by atoms with Crippen LogP contribution in [0.25, 0.3) is 0 Å². The molecular formula is C11H11N5O2. The molecular weight excluding hydrogens is 234 g/mol. The largest absolute Gasteiger partial charge is 0.373 e. The van der Waals surface area contributed by atoms with Crippen molar-refractivity contribution in [3.05, 3.63) is 46.8 Å². The molecule has 0 bridgehead atoms. The standard InChI is InChI=1S/C11H11N5O2/c1-12-10-5-4-8(7-14-10)15-11-9(16(17)18)3-2-6-13-11/h2-7H,1H3,(H,12,14)(H,13,15). The van der Waals surface area contributed by atoms with E-state index in [1.165, 1.54) is 18.3 Å². The van der Waals surface area contributed by atoms with Crippen molar-refractivity contribution in [3.8, 4) is 0 Å². The van der Waals surface area contributed by atoms with E-state index in [1.54, 1.807) is 25.4 Å². The molecule has 18 heavy (non-hydrogen) atoms. The predicted molar refractivity (Wildman–Crippen MR) is 68.0 cm³/mol. The maximum atomic E-state index is 10.8. The van der Waals surface area contributed by atoms with Crippen molar-refractivity contribution in [2.45, 2.75) is 0 Å². The summed E-state index contributed by atoms with van der Waals surface area (Å²) in [6.45, 7) is 0. The van der Waals surface area contributed by atoms with Crippen LogP contribution >= 0.6 is 0 Å². The topological polar surface area (TPSA) is 93.0 Å². The summed E-state index contributed by atoms with van der Waals surface area (Å²) in [5.74, 6) is 0.914. The minimum atomic E-state index is -0.481. The molecule has 0 spiro atoms. The van der Waals surface area contributed by atoms with Crippen LogP contribution < -0.4 is 10.6 Å². The number of anilines is 3. The summed E-state index contributed by atoms with van der Waals surface area (Å²) in [7, 11) is 1.76. The number of pyridine rings is 2. The van der Waals surface area contributed by atoms with Crippen LogP contribution in [0, 0.1) is 10.1 Å². The van der Waals surface area contributed by atoms with Crippen molar-refractivity contribution >= 4 is 23.0 Å². The third-order valence-corrected chi connectivity index (χ3v) is 2.27. The number of hydrogen-bond donors (Lipinski definition) is 2. The van der Waals surface area contributed by atoms with E-state index >= 15 is 0 Å². The Morgan fingerprint density at radius 1 is 1.28 bits per heavy atom. The van der Waals surface area contributed by atoms with Gasteiger partial charge in [0.2, 0.25) is 5.82 Å². The maximum absolute atomic E-state index is 10.8. The summed E-state index contributed by atoms with van der Waals surface area (Å²) >= 11 is 0. The molecule has 0 amide bonds. The second kappa shape index (κ2) is 5.09. The van der Waals surface area contributed by atoms with Crippen LogP contribution in [0.3, 0.4) is 0 Å². The average Bonchev–Trinajstić information content (AvgIpc) is 2.40. The Morgan fingerprint density at radius 3 is 2.72 bits per heavy atom. The molecule has 0 fully saturated rings. The summed E-state index contributed by atoms with van der Waals surface area (Å²) < 4.78 is 0. The van der Waals surface area contributed by atoms with E-state index in [-0.39, 0.29) is 11.5 Å². The molecule has 92 valence electrons. The van der Waals surface area contributed by atoms with Crippen LogP contribution in [0.4, 0.5) is 23.0 Å². The van der Waals surface area contributed by atoms with Crippen molar-refractivity contribution in [1.82, 2.24) is 9.97 Å². The van der Waals surface area contributed by atoms with Gasteiger partial charge in [0.25, 0.3) is 0 Å². The quantitative estimate of drug-likeness (QED) is 0.633. The molecule has 0 aliphatic carbocycles. The van der Waals surface area contributed by atoms with Crippen LogP contribution in [0.5, 0.6) is 0 Å². The third kappa shape index (κ3) is 2.51. The molecule has 0 aromatic carbocycles. The second-order valence-corrected chi connectivity index (χ2v) is 3.44. The minimum Gasteiger partial charge on any atom is -0.373 e. The van der Waals surface area contributed by atoms with Crippen LogP contribution in [0.15, 0.2) is 36.7 Å². The molecule has 7 heteroatoms. The number of aromatic nitrogens is 2. The Bertz CT molecular complexity index is 556. The summed E-state index contributed by atoms with van der Waals surface area (Å²) in [4.78, 5) is 18.4. The average molecular weight is 245 g/mol. The molecule has 2 aromatic rings. The van der Waals surface area contributed by atoms with Gasteiger partial charge in [-0.25, -0.2) is 9.97 Å². The van der Waals surface area contributed by atoms with Gasteiger partial charge in [0.15, 0.2) is 0 Å². The zero-order chi connectivity index (χ0) is 13.0. The Hall–Kier alpha value is -2.70. The van der Waals surface area contributed by atoms with Crippen LogP contribution in [-0.2, 0) is 0 Å². The first kappa shape index (κ1) is 11.8. The van der Waals surface area contributed by atoms with Gasteiger partial charge in [-0.1, -0.05) is 0 Å².